The Balaban J connectivity index is 2.26. The summed E-state index contributed by atoms with van der Waals surface area (Å²) in [5.74, 6) is -1.65. The van der Waals surface area contributed by atoms with Crippen LogP contribution in [0.25, 0.3) is 0 Å². The van der Waals surface area contributed by atoms with Crippen molar-refractivity contribution in [3.05, 3.63) is 29.6 Å². The Morgan fingerprint density at radius 1 is 1.47 bits per heavy atom. The lowest BCUT2D eigenvalue weighted by molar-refractivity contribution is -0.140. The summed E-state index contributed by atoms with van der Waals surface area (Å²) in [4.78, 5) is 11.5. The number of aliphatic carboxylic acids is 1. The van der Waals surface area contributed by atoms with Crippen LogP contribution in [0.1, 0.15) is 44.1 Å². The van der Waals surface area contributed by atoms with Gasteiger partial charge in [-0.25, -0.2) is 4.39 Å². The van der Waals surface area contributed by atoms with Crippen LogP contribution >= 0.6 is 0 Å². The second kappa shape index (κ2) is 6.04. The van der Waals surface area contributed by atoms with E-state index in [0.29, 0.717) is 12.2 Å². The molecular formula is C15H19FO3. The number of ether oxygens (including phenoxy) is 1. The highest BCUT2D eigenvalue weighted by Crippen LogP contribution is 2.38. The summed E-state index contributed by atoms with van der Waals surface area (Å²) in [7, 11) is 0. The quantitative estimate of drug-likeness (QED) is 0.886. The fraction of sp³-hybridized carbons (Fsp3) is 0.533. The lowest BCUT2D eigenvalue weighted by atomic mass is 9.85. The van der Waals surface area contributed by atoms with Crippen molar-refractivity contribution in [3.63, 3.8) is 0 Å². The number of rotatable bonds is 5. The van der Waals surface area contributed by atoms with Crippen molar-refractivity contribution in [2.24, 2.45) is 5.92 Å². The van der Waals surface area contributed by atoms with Crippen LogP contribution in [0.2, 0.25) is 0 Å². The fourth-order valence-electron chi connectivity index (χ4n) is 2.89. The first kappa shape index (κ1) is 13.8. The largest absolute Gasteiger partial charge is 0.491 e. The Labute approximate surface area is 112 Å². The minimum Gasteiger partial charge on any atom is -0.491 e. The van der Waals surface area contributed by atoms with Gasteiger partial charge in [-0.15, -0.1) is 0 Å². The van der Waals surface area contributed by atoms with Gasteiger partial charge in [-0.1, -0.05) is 18.9 Å². The number of carbonyl (C=O) groups is 1. The van der Waals surface area contributed by atoms with Gasteiger partial charge in [0.1, 0.15) is 0 Å². The number of benzene rings is 1. The third-order valence-electron chi connectivity index (χ3n) is 3.75. The standard InChI is InChI=1S/C15H19FO3/c1-2-19-13-8-7-11(9-12(13)16)14(15(17)18)10-5-3-4-6-10/h7-10,14H,2-6H2,1H3,(H,17,18). The highest BCUT2D eigenvalue weighted by molar-refractivity contribution is 5.76. The number of hydrogen-bond donors (Lipinski definition) is 1. The summed E-state index contributed by atoms with van der Waals surface area (Å²) in [5, 5.41) is 9.40. The van der Waals surface area contributed by atoms with Gasteiger partial charge >= 0.3 is 5.97 Å². The molecule has 0 amide bonds. The number of halogens is 1. The molecule has 1 unspecified atom stereocenters. The van der Waals surface area contributed by atoms with E-state index in [9.17, 15) is 14.3 Å². The van der Waals surface area contributed by atoms with Crippen LogP contribution < -0.4 is 4.74 Å². The molecule has 1 aliphatic rings. The van der Waals surface area contributed by atoms with E-state index in [0.717, 1.165) is 25.7 Å². The molecule has 0 spiro atoms. The molecule has 1 atom stereocenters. The van der Waals surface area contributed by atoms with Crippen LogP contribution in [0.15, 0.2) is 18.2 Å². The zero-order chi connectivity index (χ0) is 13.8. The molecule has 1 aromatic carbocycles. The van der Waals surface area contributed by atoms with Gasteiger partial charge < -0.3 is 9.84 Å². The molecule has 0 saturated heterocycles. The SMILES string of the molecule is CCOc1ccc(C(C(=O)O)C2CCCC2)cc1F. The van der Waals surface area contributed by atoms with Gasteiger partial charge in [0.2, 0.25) is 0 Å². The Kier molecular flexibility index (Phi) is 4.40. The molecule has 1 aromatic rings. The molecule has 0 aliphatic heterocycles. The zero-order valence-electron chi connectivity index (χ0n) is 11.1. The Morgan fingerprint density at radius 3 is 2.68 bits per heavy atom. The molecule has 1 N–H and O–H groups in total. The summed E-state index contributed by atoms with van der Waals surface area (Å²) < 4.78 is 19.0. The number of hydrogen-bond acceptors (Lipinski definition) is 2. The summed E-state index contributed by atoms with van der Waals surface area (Å²) in [6, 6.07) is 4.51. The topological polar surface area (TPSA) is 46.5 Å². The van der Waals surface area contributed by atoms with Crippen LogP contribution in [0, 0.1) is 11.7 Å². The fourth-order valence-corrected chi connectivity index (χ4v) is 2.89. The lowest BCUT2D eigenvalue weighted by Crippen LogP contribution is -2.19. The van der Waals surface area contributed by atoms with Gasteiger partial charge in [0.25, 0.3) is 0 Å². The van der Waals surface area contributed by atoms with Crippen molar-refractivity contribution in [1.29, 1.82) is 0 Å². The van der Waals surface area contributed by atoms with E-state index < -0.39 is 17.7 Å². The van der Waals surface area contributed by atoms with E-state index in [4.69, 9.17) is 4.74 Å². The first-order valence-corrected chi connectivity index (χ1v) is 6.78. The Hall–Kier alpha value is -1.58. The van der Waals surface area contributed by atoms with Crippen LogP contribution in [0.4, 0.5) is 4.39 Å². The smallest absolute Gasteiger partial charge is 0.311 e. The van der Waals surface area contributed by atoms with Gasteiger partial charge in [0.15, 0.2) is 11.6 Å². The van der Waals surface area contributed by atoms with E-state index in [2.05, 4.69) is 0 Å². The number of carboxylic acids is 1. The molecule has 19 heavy (non-hydrogen) atoms. The van der Waals surface area contributed by atoms with Crippen molar-refractivity contribution < 1.29 is 19.0 Å². The minimum atomic E-state index is -0.865. The molecule has 3 nitrogen and oxygen atoms in total. The molecule has 2 rings (SSSR count). The van der Waals surface area contributed by atoms with E-state index in [1.54, 1.807) is 13.0 Å². The molecule has 1 saturated carbocycles. The number of carboxylic acid groups (broad SMARTS) is 1. The average Bonchev–Trinajstić information content (AvgIpc) is 2.86. The molecule has 0 aromatic heterocycles. The maximum absolute atomic E-state index is 13.8. The Bertz CT molecular complexity index is 453. The van der Waals surface area contributed by atoms with E-state index in [1.165, 1.54) is 12.1 Å². The summed E-state index contributed by atoms with van der Waals surface area (Å²) >= 11 is 0. The minimum absolute atomic E-state index is 0.120. The summed E-state index contributed by atoms with van der Waals surface area (Å²) in [5.41, 5.74) is 0.542. The van der Waals surface area contributed by atoms with Crippen molar-refractivity contribution in [2.75, 3.05) is 6.61 Å². The molecule has 1 fully saturated rings. The van der Waals surface area contributed by atoms with E-state index in [-0.39, 0.29) is 11.7 Å². The van der Waals surface area contributed by atoms with Crippen molar-refractivity contribution >= 4 is 5.97 Å². The van der Waals surface area contributed by atoms with Crippen molar-refractivity contribution in [1.82, 2.24) is 0 Å². The van der Waals surface area contributed by atoms with E-state index in [1.807, 2.05) is 0 Å². The second-order valence-electron chi connectivity index (χ2n) is 4.98. The highest BCUT2D eigenvalue weighted by Gasteiger charge is 2.32. The van der Waals surface area contributed by atoms with Crippen LogP contribution in [0.3, 0.4) is 0 Å². The molecule has 0 bridgehead atoms. The molecule has 1 aliphatic carbocycles. The maximum atomic E-state index is 13.8. The Morgan fingerprint density at radius 2 is 2.16 bits per heavy atom. The molecule has 0 radical (unpaired) electrons. The van der Waals surface area contributed by atoms with Gasteiger partial charge in [0, 0.05) is 0 Å². The first-order valence-electron chi connectivity index (χ1n) is 6.78. The maximum Gasteiger partial charge on any atom is 0.311 e. The van der Waals surface area contributed by atoms with Crippen LogP contribution in [-0.4, -0.2) is 17.7 Å². The second-order valence-corrected chi connectivity index (χ2v) is 4.98. The monoisotopic (exact) mass is 266 g/mol. The third kappa shape index (κ3) is 3.06. The predicted octanol–water partition coefficient (Wildman–Crippen LogP) is 3.58. The van der Waals surface area contributed by atoms with Gasteiger partial charge in [0.05, 0.1) is 12.5 Å². The molecule has 0 heterocycles. The predicted molar refractivity (Wildman–Crippen MR) is 69.9 cm³/mol. The first-order chi connectivity index (χ1) is 9.13. The molecule has 4 heteroatoms. The zero-order valence-corrected chi connectivity index (χ0v) is 11.1. The van der Waals surface area contributed by atoms with E-state index >= 15 is 0 Å². The van der Waals surface area contributed by atoms with Gasteiger partial charge in [-0.05, 0) is 43.4 Å². The van der Waals surface area contributed by atoms with Crippen molar-refractivity contribution in [2.45, 2.75) is 38.5 Å². The normalized spacial score (nSPS) is 17.4. The van der Waals surface area contributed by atoms with Gasteiger partial charge in [-0.2, -0.15) is 0 Å². The van der Waals surface area contributed by atoms with Gasteiger partial charge in [-0.3, -0.25) is 4.79 Å². The summed E-state index contributed by atoms with van der Waals surface area (Å²) in [6.45, 7) is 2.17. The third-order valence-corrected chi connectivity index (χ3v) is 3.75. The lowest BCUT2D eigenvalue weighted by Gasteiger charge is -2.20. The summed E-state index contributed by atoms with van der Waals surface area (Å²) in [6.07, 6.45) is 3.94. The average molecular weight is 266 g/mol. The van der Waals surface area contributed by atoms with Crippen molar-refractivity contribution in [3.8, 4) is 5.75 Å². The molecule has 104 valence electrons. The highest BCUT2D eigenvalue weighted by atomic mass is 19.1. The molecular weight excluding hydrogens is 247 g/mol. The van der Waals surface area contributed by atoms with Crippen LogP contribution in [0.5, 0.6) is 5.75 Å². The van der Waals surface area contributed by atoms with Crippen LogP contribution in [-0.2, 0) is 4.79 Å².